The Bertz CT molecular complexity index is 1340. The molecule has 0 fully saturated rings. The molecule has 2 heterocycles. The van der Waals surface area contributed by atoms with E-state index in [9.17, 15) is 9.59 Å². The molecule has 5 rings (SSSR count). The highest BCUT2D eigenvalue weighted by Gasteiger charge is 2.43. The van der Waals surface area contributed by atoms with E-state index in [1.54, 1.807) is 18.9 Å². The lowest BCUT2D eigenvalue weighted by atomic mass is 9.73. The van der Waals surface area contributed by atoms with E-state index in [4.69, 9.17) is 9.47 Å². The number of methoxy groups -OCH3 is 2. The summed E-state index contributed by atoms with van der Waals surface area (Å²) in [6.07, 6.45) is 2.63. The van der Waals surface area contributed by atoms with Crippen molar-refractivity contribution in [1.29, 1.82) is 0 Å². The Morgan fingerprint density at radius 2 is 1.89 bits per heavy atom. The van der Waals surface area contributed by atoms with E-state index in [-0.39, 0.29) is 17.1 Å². The van der Waals surface area contributed by atoms with Crippen molar-refractivity contribution in [3.63, 3.8) is 0 Å². The number of anilines is 2. The monoisotopic (exact) mass is 472 g/mol. The number of nitrogens with one attached hydrogen (secondary N) is 2. The Morgan fingerprint density at radius 3 is 2.60 bits per heavy atom. The zero-order chi connectivity index (χ0) is 24.7. The van der Waals surface area contributed by atoms with Crippen LogP contribution >= 0.6 is 0 Å². The number of hydrogen-bond acceptors (Lipinski definition) is 6. The zero-order valence-electron chi connectivity index (χ0n) is 20.2. The number of fused-ring (bicyclic) bond motifs is 1. The van der Waals surface area contributed by atoms with E-state index >= 15 is 0 Å². The van der Waals surface area contributed by atoms with Crippen molar-refractivity contribution in [2.45, 2.75) is 32.7 Å². The molecular weight excluding hydrogens is 444 g/mol. The third-order valence-electron chi connectivity index (χ3n) is 6.51. The van der Waals surface area contributed by atoms with Crippen LogP contribution in [0.4, 0.5) is 11.5 Å². The summed E-state index contributed by atoms with van der Waals surface area (Å²) < 4.78 is 12.8. The lowest BCUT2D eigenvalue weighted by Gasteiger charge is -2.39. The van der Waals surface area contributed by atoms with Crippen molar-refractivity contribution >= 4 is 23.2 Å². The van der Waals surface area contributed by atoms with Gasteiger partial charge in [0.15, 0.2) is 5.78 Å². The van der Waals surface area contributed by atoms with Gasteiger partial charge in [-0.1, -0.05) is 32.0 Å². The Kier molecular flexibility index (Phi) is 5.59. The summed E-state index contributed by atoms with van der Waals surface area (Å²) in [6, 6.07) is 14.2. The third-order valence-corrected chi connectivity index (χ3v) is 6.51. The van der Waals surface area contributed by atoms with Crippen LogP contribution in [0.3, 0.4) is 0 Å². The second-order valence-electron chi connectivity index (χ2n) is 9.64. The first-order chi connectivity index (χ1) is 16.8. The first-order valence-electron chi connectivity index (χ1n) is 11.5. The van der Waals surface area contributed by atoms with E-state index in [2.05, 4.69) is 29.6 Å². The van der Waals surface area contributed by atoms with Crippen molar-refractivity contribution in [3.8, 4) is 11.5 Å². The summed E-state index contributed by atoms with van der Waals surface area (Å²) in [7, 11) is 3.19. The molecule has 35 heavy (non-hydrogen) atoms. The van der Waals surface area contributed by atoms with E-state index < -0.39 is 6.04 Å². The molecule has 0 saturated carbocycles. The highest BCUT2D eigenvalue weighted by atomic mass is 16.5. The van der Waals surface area contributed by atoms with Crippen LogP contribution in [0, 0.1) is 5.41 Å². The van der Waals surface area contributed by atoms with Crippen LogP contribution in [0.25, 0.3) is 0 Å². The first-order valence-corrected chi connectivity index (χ1v) is 11.5. The minimum atomic E-state index is -0.562. The molecule has 1 atom stereocenters. The summed E-state index contributed by atoms with van der Waals surface area (Å²) in [5, 5.41) is 10.9. The van der Waals surface area contributed by atoms with Crippen LogP contribution in [-0.4, -0.2) is 35.7 Å². The smallest absolute Gasteiger partial charge is 0.261 e. The molecule has 1 aromatic heterocycles. The molecule has 8 nitrogen and oxygen atoms in total. The summed E-state index contributed by atoms with van der Waals surface area (Å²) in [5.41, 5.74) is 3.06. The molecule has 3 aromatic rings. The number of rotatable bonds is 5. The number of aromatic nitrogens is 2. The van der Waals surface area contributed by atoms with Gasteiger partial charge in [-0.3, -0.25) is 9.59 Å². The predicted molar refractivity (Wildman–Crippen MR) is 133 cm³/mol. The predicted octanol–water partition coefficient (Wildman–Crippen LogP) is 4.81. The summed E-state index contributed by atoms with van der Waals surface area (Å²) in [4.78, 5) is 26.7. The van der Waals surface area contributed by atoms with Crippen LogP contribution in [-0.2, 0) is 4.79 Å². The fourth-order valence-corrected chi connectivity index (χ4v) is 4.94. The minimum Gasteiger partial charge on any atom is -0.497 e. The normalized spacial score (nSPS) is 18.3. The number of Topliss-reactive ketones (excluding diaryl/α,β-unsaturated/α-hetero) is 1. The van der Waals surface area contributed by atoms with E-state index in [1.165, 1.54) is 6.20 Å². The highest BCUT2D eigenvalue weighted by Crippen LogP contribution is 2.48. The van der Waals surface area contributed by atoms with Gasteiger partial charge in [-0.25, -0.2) is 4.68 Å². The van der Waals surface area contributed by atoms with Gasteiger partial charge in [0.1, 0.15) is 28.9 Å². The molecule has 2 aromatic carbocycles. The Hall–Kier alpha value is -4.07. The number of hydrogen-bond donors (Lipinski definition) is 2. The van der Waals surface area contributed by atoms with Crippen LogP contribution < -0.4 is 20.1 Å². The average molecular weight is 473 g/mol. The lowest BCUT2D eigenvalue weighted by molar-refractivity contribution is -0.118. The van der Waals surface area contributed by atoms with Crippen LogP contribution in [0.1, 0.15) is 48.7 Å². The minimum absolute atomic E-state index is 0.0510. The van der Waals surface area contributed by atoms with Gasteiger partial charge in [-0.05, 0) is 42.2 Å². The number of amides is 1. The molecule has 1 amide bonds. The van der Waals surface area contributed by atoms with Crippen LogP contribution in [0.2, 0.25) is 0 Å². The van der Waals surface area contributed by atoms with Gasteiger partial charge in [0.05, 0.1) is 20.4 Å². The van der Waals surface area contributed by atoms with Gasteiger partial charge >= 0.3 is 0 Å². The molecule has 0 saturated heterocycles. The molecule has 0 unspecified atom stereocenters. The number of ether oxygens (including phenoxy) is 2. The van der Waals surface area contributed by atoms with Crippen LogP contribution in [0.15, 0.2) is 66.0 Å². The first kappa shape index (κ1) is 22.7. The van der Waals surface area contributed by atoms with E-state index in [1.807, 2.05) is 48.5 Å². The largest absolute Gasteiger partial charge is 0.497 e. The lowest BCUT2D eigenvalue weighted by Crippen LogP contribution is -2.37. The number of allylic oxidation sites excluding steroid dienone is 2. The van der Waals surface area contributed by atoms with Gasteiger partial charge in [0.25, 0.3) is 5.91 Å². The molecule has 0 bridgehead atoms. The standard InChI is InChI=1S/C27H28N4O4/c1-27(2)13-20-23(21(32)14-27)24(18-12-17(34-3)10-11-22(18)35-4)31-25(30-20)19(15-28-31)26(33)29-16-8-6-5-7-9-16/h5-12,15,24,30H,13-14H2,1-4H3,(H,29,33)/t24-/m0/s1. The number of carbonyl (C=O) groups is 2. The van der Waals surface area contributed by atoms with E-state index in [0.29, 0.717) is 47.0 Å². The zero-order valence-corrected chi connectivity index (χ0v) is 20.2. The Morgan fingerprint density at radius 1 is 1.11 bits per heavy atom. The summed E-state index contributed by atoms with van der Waals surface area (Å²) >= 11 is 0. The molecule has 1 aliphatic heterocycles. The van der Waals surface area contributed by atoms with Crippen molar-refractivity contribution in [2.75, 3.05) is 24.9 Å². The van der Waals surface area contributed by atoms with Crippen molar-refractivity contribution in [1.82, 2.24) is 9.78 Å². The fourth-order valence-electron chi connectivity index (χ4n) is 4.94. The molecule has 2 aliphatic rings. The molecule has 8 heteroatoms. The number of nitrogens with zero attached hydrogens (tertiary/aromatic N) is 2. The number of benzene rings is 2. The molecule has 0 spiro atoms. The van der Waals surface area contributed by atoms with E-state index in [0.717, 1.165) is 11.3 Å². The van der Waals surface area contributed by atoms with Gasteiger partial charge < -0.3 is 20.1 Å². The van der Waals surface area contributed by atoms with Crippen molar-refractivity contribution in [2.24, 2.45) is 5.41 Å². The summed E-state index contributed by atoms with van der Waals surface area (Å²) in [5.74, 6) is 1.55. The molecule has 1 aliphatic carbocycles. The highest BCUT2D eigenvalue weighted by molar-refractivity contribution is 6.08. The molecule has 180 valence electrons. The van der Waals surface area contributed by atoms with Crippen molar-refractivity contribution in [3.05, 3.63) is 77.1 Å². The quantitative estimate of drug-likeness (QED) is 0.553. The maximum absolute atomic E-state index is 13.5. The molecular formula is C27H28N4O4. The number of para-hydroxylation sites is 1. The maximum Gasteiger partial charge on any atom is 0.261 e. The second kappa shape index (κ2) is 8.61. The summed E-state index contributed by atoms with van der Waals surface area (Å²) in [6.45, 7) is 4.15. The van der Waals surface area contributed by atoms with Gasteiger partial charge in [-0.15, -0.1) is 0 Å². The fraction of sp³-hybridized carbons (Fsp3) is 0.296. The number of carbonyl (C=O) groups excluding carboxylic acids is 2. The number of ketones is 1. The van der Waals surface area contributed by atoms with Gasteiger partial charge in [0, 0.05) is 28.9 Å². The molecule has 2 N–H and O–H groups in total. The third kappa shape index (κ3) is 4.05. The maximum atomic E-state index is 13.5. The van der Waals surface area contributed by atoms with Gasteiger partial charge in [-0.2, -0.15) is 5.10 Å². The topological polar surface area (TPSA) is 94.5 Å². The molecule has 0 radical (unpaired) electrons. The Balaban J connectivity index is 1.66. The van der Waals surface area contributed by atoms with Gasteiger partial charge in [0.2, 0.25) is 0 Å². The van der Waals surface area contributed by atoms with Crippen molar-refractivity contribution < 1.29 is 19.1 Å². The van der Waals surface area contributed by atoms with Crippen LogP contribution in [0.5, 0.6) is 11.5 Å². The Labute approximate surface area is 203 Å². The average Bonchev–Trinajstić information content (AvgIpc) is 3.26. The SMILES string of the molecule is COc1ccc(OC)c([C@H]2C3=C(CC(C)(C)CC3=O)Nc3c(C(=O)Nc4ccccc4)cnn32)c1. The second-order valence-corrected chi connectivity index (χ2v) is 9.64.